The van der Waals surface area contributed by atoms with Gasteiger partial charge in [-0.25, -0.2) is 0 Å². The monoisotopic (exact) mass is 146 g/mol. The van der Waals surface area contributed by atoms with Crippen molar-refractivity contribution in [1.29, 1.82) is 0 Å². The number of hydrogen-bond acceptors (Lipinski definition) is 4. The Labute approximate surface area is 62.8 Å². The average molecular weight is 146 g/mol. The fraction of sp³-hybridized carbons (Fsp3) is 1.00. The Balaban J connectivity index is 2.89. The molecule has 4 heteroatoms. The van der Waals surface area contributed by atoms with Crippen LogP contribution in [0, 0.1) is 0 Å². The van der Waals surface area contributed by atoms with Gasteiger partial charge in [-0.15, -0.1) is 0 Å². The van der Waals surface area contributed by atoms with Gasteiger partial charge < -0.3 is 5.73 Å². The Morgan fingerprint density at radius 2 is 2.10 bits per heavy atom. The third kappa shape index (κ3) is 5.97. The molecule has 0 rings (SSSR count). The van der Waals surface area contributed by atoms with Crippen molar-refractivity contribution in [2.24, 2.45) is 5.73 Å². The molecule has 0 bridgehead atoms. The van der Waals surface area contributed by atoms with Crippen molar-refractivity contribution in [3.63, 3.8) is 0 Å². The summed E-state index contributed by atoms with van der Waals surface area (Å²) in [6.07, 6.45) is 0. The topological polar surface area (TPSA) is 53.3 Å². The first kappa shape index (κ1) is 9.84. The van der Waals surface area contributed by atoms with Gasteiger partial charge in [0.1, 0.15) is 0 Å². The van der Waals surface area contributed by atoms with Crippen molar-refractivity contribution >= 4 is 0 Å². The van der Waals surface area contributed by atoms with Crippen LogP contribution in [0.1, 0.15) is 6.92 Å². The lowest BCUT2D eigenvalue weighted by molar-refractivity contribution is 0.317. The SMILES string of the molecule is CCN(C)CNCNCN. The molecule has 0 saturated carbocycles. The molecule has 0 aliphatic carbocycles. The lowest BCUT2D eigenvalue weighted by atomic mass is 10.6. The van der Waals surface area contributed by atoms with Crippen LogP contribution in [0.3, 0.4) is 0 Å². The van der Waals surface area contributed by atoms with E-state index >= 15 is 0 Å². The maximum Gasteiger partial charge on any atom is 0.0487 e. The van der Waals surface area contributed by atoms with Gasteiger partial charge >= 0.3 is 0 Å². The minimum absolute atomic E-state index is 0.531. The second-order valence-corrected chi connectivity index (χ2v) is 2.21. The summed E-state index contributed by atoms with van der Waals surface area (Å²) in [4.78, 5) is 2.18. The van der Waals surface area contributed by atoms with Gasteiger partial charge in [0.2, 0.25) is 0 Å². The quantitative estimate of drug-likeness (QED) is 0.330. The Kier molecular flexibility index (Phi) is 6.84. The molecule has 0 atom stereocenters. The van der Waals surface area contributed by atoms with Crippen LogP contribution in [0.2, 0.25) is 0 Å². The predicted molar refractivity (Wildman–Crippen MR) is 43.4 cm³/mol. The molecule has 0 aliphatic rings. The van der Waals surface area contributed by atoms with Crippen molar-refractivity contribution in [1.82, 2.24) is 15.5 Å². The van der Waals surface area contributed by atoms with Crippen LogP contribution >= 0.6 is 0 Å². The number of nitrogens with one attached hydrogen (secondary N) is 2. The highest BCUT2D eigenvalue weighted by molar-refractivity contribution is 4.44. The maximum atomic E-state index is 5.21. The molecular weight excluding hydrogens is 128 g/mol. The van der Waals surface area contributed by atoms with Crippen LogP contribution in [0.5, 0.6) is 0 Å². The van der Waals surface area contributed by atoms with E-state index in [4.69, 9.17) is 5.73 Å². The third-order valence-electron chi connectivity index (χ3n) is 1.32. The summed E-state index contributed by atoms with van der Waals surface area (Å²) in [6.45, 7) is 5.40. The van der Waals surface area contributed by atoms with Crippen LogP contribution < -0.4 is 16.4 Å². The largest absolute Gasteiger partial charge is 0.318 e. The fourth-order valence-electron chi connectivity index (χ4n) is 0.519. The molecular formula is C6H18N4. The molecule has 0 radical (unpaired) electrons. The van der Waals surface area contributed by atoms with Crippen LogP contribution in [0.25, 0.3) is 0 Å². The normalized spacial score (nSPS) is 10.8. The van der Waals surface area contributed by atoms with E-state index in [1.807, 2.05) is 0 Å². The molecule has 0 aliphatic heterocycles. The standard InChI is InChI=1S/C6H18N4/c1-3-10(2)6-9-5-8-4-7/h8-9H,3-7H2,1-2H3. The second kappa shape index (κ2) is 6.95. The summed E-state index contributed by atoms with van der Waals surface area (Å²) in [5.74, 6) is 0. The highest BCUT2D eigenvalue weighted by atomic mass is 15.2. The highest BCUT2D eigenvalue weighted by Crippen LogP contribution is 1.73. The van der Waals surface area contributed by atoms with Gasteiger partial charge in [0, 0.05) is 20.0 Å². The maximum absolute atomic E-state index is 5.21. The van der Waals surface area contributed by atoms with E-state index in [-0.39, 0.29) is 0 Å². The van der Waals surface area contributed by atoms with E-state index in [1.165, 1.54) is 0 Å². The average Bonchev–Trinajstić information content (AvgIpc) is 1.98. The first-order valence-electron chi connectivity index (χ1n) is 3.61. The molecule has 0 aromatic heterocycles. The van der Waals surface area contributed by atoms with Crippen molar-refractivity contribution < 1.29 is 0 Å². The fourth-order valence-corrected chi connectivity index (χ4v) is 0.519. The summed E-state index contributed by atoms with van der Waals surface area (Å²) in [6, 6.07) is 0. The zero-order chi connectivity index (χ0) is 7.82. The number of rotatable bonds is 6. The summed E-state index contributed by atoms with van der Waals surface area (Å²) < 4.78 is 0. The Bertz CT molecular complexity index is 66.8. The Hall–Kier alpha value is -0.160. The zero-order valence-electron chi connectivity index (χ0n) is 6.85. The smallest absolute Gasteiger partial charge is 0.0487 e. The molecule has 0 fully saturated rings. The van der Waals surface area contributed by atoms with Crippen molar-refractivity contribution in [3.8, 4) is 0 Å². The van der Waals surface area contributed by atoms with Gasteiger partial charge in [-0.1, -0.05) is 6.92 Å². The highest BCUT2D eigenvalue weighted by Gasteiger charge is 1.89. The summed E-state index contributed by atoms with van der Waals surface area (Å²) in [5.41, 5.74) is 5.21. The molecule has 0 heterocycles. The van der Waals surface area contributed by atoms with Gasteiger partial charge in [0.25, 0.3) is 0 Å². The summed E-state index contributed by atoms with van der Waals surface area (Å²) in [5, 5.41) is 6.14. The van der Waals surface area contributed by atoms with Crippen LogP contribution in [-0.4, -0.2) is 38.5 Å². The van der Waals surface area contributed by atoms with Crippen LogP contribution in [0.4, 0.5) is 0 Å². The lowest BCUT2D eigenvalue weighted by Gasteiger charge is -2.14. The predicted octanol–water partition coefficient (Wildman–Crippen LogP) is -1.05. The van der Waals surface area contributed by atoms with Crippen molar-refractivity contribution in [2.45, 2.75) is 6.92 Å². The van der Waals surface area contributed by atoms with E-state index in [9.17, 15) is 0 Å². The molecule has 4 N–H and O–H groups in total. The van der Waals surface area contributed by atoms with E-state index < -0.39 is 0 Å². The van der Waals surface area contributed by atoms with Gasteiger partial charge in [-0.2, -0.15) is 0 Å². The Morgan fingerprint density at radius 1 is 1.40 bits per heavy atom. The Morgan fingerprint density at radius 3 is 2.60 bits per heavy atom. The molecule has 0 aromatic rings. The molecule has 4 nitrogen and oxygen atoms in total. The minimum Gasteiger partial charge on any atom is -0.318 e. The minimum atomic E-state index is 0.531. The number of nitrogens with zero attached hydrogens (tertiary/aromatic N) is 1. The molecule has 62 valence electrons. The molecule has 0 unspecified atom stereocenters. The van der Waals surface area contributed by atoms with Crippen LogP contribution in [0.15, 0.2) is 0 Å². The first-order chi connectivity index (χ1) is 4.81. The number of nitrogens with two attached hydrogens (primary N) is 1. The second-order valence-electron chi connectivity index (χ2n) is 2.21. The lowest BCUT2D eigenvalue weighted by Crippen LogP contribution is -2.38. The van der Waals surface area contributed by atoms with E-state index in [2.05, 4.69) is 29.5 Å². The number of hydrogen-bond donors (Lipinski definition) is 3. The molecule has 10 heavy (non-hydrogen) atoms. The van der Waals surface area contributed by atoms with Crippen molar-refractivity contribution in [3.05, 3.63) is 0 Å². The van der Waals surface area contributed by atoms with Crippen molar-refractivity contribution in [2.75, 3.05) is 33.6 Å². The van der Waals surface area contributed by atoms with Gasteiger partial charge in [-0.3, -0.25) is 15.5 Å². The van der Waals surface area contributed by atoms with E-state index in [0.717, 1.165) is 19.9 Å². The first-order valence-corrected chi connectivity index (χ1v) is 3.61. The van der Waals surface area contributed by atoms with Gasteiger partial charge in [-0.05, 0) is 13.6 Å². The third-order valence-corrected chi connectivity index (χ3v) is 1.32. The molecule has 0 saturated heterocycles. The van der Waals surface area contributed by atoms with E-state index in [0.29, 0.717) is 6.67 Å². The molecule has 0 amide bonds. The summed E-state index contributed by atoms with van der Waals surface area (Å²) >= 11 is 0. The van der Waals surface area contributed by atoms with Crippen LogP contribution in [-0.2, 0) is 0 Å². The summed E-state index contributed by atoms with van der Waals surface area (Å²) in [7, 11) is 2.06. The molecule has 0 aromatic carbocycles. The van der Waals surface area contributed by atoms with Gasteiger partial charge in [0.05, 0.1) is 0 Å². The van der Waals surface area contributed by atoms with Gasteiger partial charge in [0.15, 0.2) is 0 Å². The molecule has 0 spiro atoms. The van der Waals surface area contributed by atoms with E-state index in [1.54, 1.807) is 0 Å². The zero-order valence-corrected chi connectivity index (χ0v) is 6.85.